The predicted molar refractivity (Wildman–Crippen MR) is 131 cm³/mol. The van der Waals surface area contributed by atoms with Gasteiger partial charge in [0.05, 0.1) is 18.1 Å². The van der Waals surface area contributed by atoms with E-state index in [1.54, 1.807) is 19.2 Å². The average molecular weight is 488 g/mol. The van der Waals surface area contributed by atoms with Crippen LogP contribution in [0.2, 0.25) is 4.34 Å². The Hall–Kier alpha value is -3.03. The summed E-state index contributed by atoms with van der Waals surface area (Å²) in [5.74, 6) is 0.303. The number of halogens is 1. The molecule has 8 heteroatoms. The maximum Gasteiger partial charge on any atom is 0.330 e. The molecule has 1 aromatic heterocycles. The molecule has 1 aliphatic rings. The zero-order valence-electron chi connectivity index (χ0n) is 18.5. The fourth-order valence-electron chi connectivity index (χ4n) is 3.97. The van der Waals surface area contributed by atoms with E-state index in [1.165, 1.54) is 22.5 Å². The number of nitrogens with one attached hydrogen (secondary N) is 1. The summed E-state index contributed by atoms with van der Waals surface area (Å²) < 4.78 is 12.1. The molecule has 174 valence electrons. The number of fused-ring (bicyclic) bond motifs is 1. The van der Waals surface area contributed by atoms with E-state index in [9.17, 15) is 9.90 Å². The normalized spacial score (nSPS) is 16.3. The number of ether oxygens (including phenoxy) is 2. The van der Waals surface area contributed by atoms with Crippen molar-refractivity contribution in [3.63, 3.8) is 0 Å². The molecule has 0 fully saturated rings. The third-order valence-electron chi connectivity index (χ3n) is 5.51. The van der Waals surface area contributed by atoms with Crippen molar-refractivity contribution in [1.82, 2.24) is 0 Å². The summed E-state index contributed by atoms with van der Waals surface area (Å²) in [6, 6.07) is 15.6. The fraction of sp³-hybridized carbons (Fsp3) is 0.280. The first-order valence-corrected chi connectivity index (χ1v) is 11.5. The number of hydrogen-bond donors (Lipinski definition) is 2. The number of carbonyl (C=O) groups is 2. The molecule has 2 aromatic carbocycles. The fourth-order valence-corrected chi connectivity index (χ4v) is 5.40. The van der Waals surface area contributed by atoms with E-state index in [4.69, 9.17) is 25.9 Å². The van der Waals surface area contributed by atoms with Gasteiger partial charge < -0.3 is 24.7 Å². The quantitative estimate of drug-likeness (QED) is 0.455. The highest BCUT2D eigenvalue weighted by Gasteiger charge is 2.45. The second-order valence-corrected chi connectivity index (χ2v) is 9.59. The van der Waals surface area contributed by atoms with E-state index < -0.39 is 11.5 Å². The minimum Gasteiger partial charge on any atom is -0.493 e. The number of carbonyl (C=O) groups excluding carboxylic acids is 1. The molecule has 0 amide bonds. The number of aryl methyl sites for hydroxylation is 1. The standard InChI is InChI=1S/C24H24ClNO4S.CH2O/c1-15-4-3-5-16(10-15)8-9-30-20-12-18(6-7-19(20)29-2)26-24(23(27)28)13-17-11-22(25)31-21(17)14-24;1-2/h3-7,10-12,26H,8-9,13-14H2,1-2H3,(H,27,28);1H2. The Kier molecular flexibility index (Phi) is 8.00. The highest BCUT2D eigenvalue weighted by molar-refractivity contribution is 7.16. The summed E-state index contributed by atoms with van der Waals surface area (Å²) in [5.41, 5.74) is 2.99. The number of hydrogen-bond acceptors (Lipinski definition) is 6. The smallest absolute Gasteiger partial charge is 0.330 e. The first-order chi connectivity index (χ1) is 15.9. The highest BCUT2D eigenvalue weighted by atomic mass is 35.5. The number of aliphatic carboxylic acids is 1. The molecule has 2 N–H and O–H groups in total. The summed E-state index contributed by atoms with van der Waals surface area (Å²) in [7, 11) is 1.59. The van der Waals surface area contributed by atoms with Crippen LogP contribution in [-0.4, -0.2) is 37.1 Å². The van der Waals surface area contributed by atoms with Gasteiger partial charge in [-0.1, -0.05) is 41.4 Å². The Labute approximate surface area is 202 Å². The molecular formula is C25H26ClNO5S. The Morgan fingerprint density at radius 3 is 2.64 bits per heavy atom. The summed E-state index contributed by atoms with van der Waals surface area (Å²) >= 11 is 7.53. The molecule has 6 nitrogen and oxygen atoms in total. The molecule has 4 rings (SSSR count). The minimum atomic E-state index is -1.10. The number of anilines is 1. The van der Waals surface area contributed by atoms with Gasteiger partial charge in [-0.2, -0.15) is 0 Å². The number of carboxylic acid groups (broad SMARTS) is 1. The third-order valence-corrected chi connectivity index (χ3v) is 6.81. The zero-order chi connectivity index (χ0) is 24.0. The van der Waals surface area contributed by atoms with Crippen molar-refractivity contribution >= 4 is 41.4 Å². The molecule has 33 heavy (non-hydrogen) atoms. The maximum atomic E-state index is 12.2. The summed E-state index contributed by atoms with van der Waals surface area (Å²) in [4.78, 5) is 21.2. The second kappa shape index (κ2) is 10.7. The van der Waals surface area contributed by atoms with Crippen LogP contribution in [0.4, 0.5) is 5.69 Å². The molecule has 0 saturated heterocycles. The molecule has 0 aliphatic heterocycles. The van der Waals surface area contributed by atoms with Crippen molar-refractivity contribution in [3.8, 4) is 11.5 Å². The van der Waals surface area contributed by atoms with E-state index in [2.05, 4.69) is 30.4 Å². The van der Waals surface area contributed by atoms with E-state index in [-0.39, 0.29) is 0 Å². The van der Waals surface area contributed by atoms with Crippen LogP contribution in [-0.2, 0) is 28.9 Å². The van der Waals surface area contributed by atoms with Gasteiger partial charge in [-0.05, 0) is 36.2 Å². The first kappa shape index (κ1) is 24.6. The van der Waals surface area contributed by atoms with Crippen LogP contribution in [0.3, 0.4) is 0 Å². The first-order valence-electron chi connectivity index (χ1n) is 10.3. The molecule has 0 spiro atoms. The Morgan fingerprint density at radius 1 is 1.18 bits per heavy atom. The van der Waals surface area contributed by atoms with Crippen LogP contribution >= 0.6 is 22.9 Å². The van der Waals surface area contributed by atoms with E-state index in [0.29, 0.717) is 41.0 Å². The zero-order valence-corrected chi connectivity index (χ0v) is 20.1. The van der Waals surface area contributed by atoms with Crippen LogP contribution in [0.1, 0.15) is 21.6 Å². The van der Waals surface area contributed by atoms with Gasteiger partial charge in [0.25, 0.3) is 0 Å². The van der Waals surface area contributed by atoms with Gasteiger partial charge in [0, 0.05) is 35.9 Å². The summed E-state index contributed by atoms with van der Waals surface area (Å²) in [5, 5.41) is 13.2. The van der Waals surface area contributed by atoms with Gasteiger partial charge >= 0.3 is 5.97 Å². The van der Waals surface area contributed by atoms with Gasteiger partial charge in [-0.25, -0.2) is 4.79 Å². The summed E-state index contributed by atoms with van der Waals surface area (Å²) in [6.07, 6.45) is 1.55. The van der Waals surface area contributed by atoms with Crippen molar-refractivity contribution in [2.24, 2.45) is 0 Å². The molecule has 0 radical (unpaired) electrons. The molecule has 3 aromatic rings. The topological polar surface area (TPSA) is 84.9 Å². The average Bonchev–Trinajstić information content (AvgIpc) is 3.30. The lowest BCUT2D eigenvalue weighted by Gasteiger charge is -2.27. The number of carboxylic acids is 1. The van der Waals surface area contributed by atoms with Crippen molar-refractivity contribution in [2.75, 3.05) is 19.0 Å². The number of benzene rings is 2. The van der Waals surface area contributed by atoms with Crippen molar-refractivity contribution in [1.29, 1.82) is 0 Å². The lowest BCUT2D eigenvalue weighted by molar-refractivity contribution is -0.142. The Bertz CT molecular complexity index is 1110. The van der Waals surface area contributed by atoms with Crippen molar-refractivity contribution in [2.45, 2.75) is 31.7 Å². The number of rotatable bonds is 8. The number of thiophene rings is 1. The largest absolute Gasteiger partial charge is 0.493 e. The molecule has 1 unspecified atom stereocenters. The van der Waals surface area contributed by atoms with Gasteiger partial charge in [0.1, 0.15) is 12.3 Å². The van der Waals surface area contributed by atoms with Crippen molar-refractivity contribution < 1.29 is 24.2 Å². The van der Waals surface area contributed by atoms with Crippen LogP contribution in [0, 0.1) is 6.92 Å². The van der Waals surface area contributed by atoms with E-state index in [0.717, 1.165) is 16.9 Å². The van der Waals surface area contributed by atoms with Gasteiger partial charge in [0.2, 0.25) is 0 Å². The van der Waals surface area contributed by atoms with Crippen LogP contribution < -0.4 is 14.8 Å². The predicted octanol–water partition coefficient (Wildman–Crippen LogP) is 5.19. The van der Waals surface area contributed by atoms with E-state index in [1.807, 2.05) is 25.0 Å². The third kappa shape index (κ3) is 5.67. The lowest BCUT2D eigenvalue weighted by Crippen LogP contribution is -2.47. The SMILES string of the molecule is C=O.COc1ccc(NC2(C(=O)O)Cc3cc(Cl)sc3C2)cc1OCCc1cccc(C)c1. The molecule has 1 heterocycles. The van der Waals surface area contributed by atoms with Gasteiger partial charge in [-0.3, -0.25) is 0 Å². The van der Waals surface area contributed by atoms with Crippen LogP contribution in [0.5, 0.6) is 11.5 Å². The van der Waals surface area contributed by atoms with Gasteiger partial charge in [-0.15, -0.1) is 11.3 Å². The highest BCUT2D eigenvalue weighted by Crippen LogP contribution is 2.41. The monoisotopic (exact) mass is 487 g/mol. The lowest BCUT2D eigenvalue weighted by atomic mass is 9.95. The second-order valence-electron chi connectivity index (χ2n) is 7.82. The maximum absolute atomic E-state index is 12.2. The summed E-state index contributed by atoms with van der Waals surface area (Å²) in [6.45, 7) is 4.56. The number of methoxy groups -OCH3 is 1. The van der Waals surface area contributed by atoms with E-state index >= 15 is 0 Å². The molecule has 1 aliphatic carbocycles. The van der Waals surface area contributed by atoms with Gasteiger partial charge in [0.15, 0.2) is 11.5 Å². The van der Waals surface area contributed by atoms with Crippen LogP contribution in [0.15, 0.2) is 48.5 Å². The Morgan fingerprint density at radius 2 is 1.97 bits per heavy atom. The molecule has 1 atom stereocenters. The molecular weight excluding hydrogens is 462 g/mol. The molecule has 0 saturated carbocycles. The molecule has 0 bridgehead atoms. The van der Waals surface area contributed by atoms with Crippen LogP contribution in [0.25, 0.3) is 0 Å². The minimum absolute atomic E-state index is 0.385. The Balaban J connectivity index is 0.00000149. The van der Waals surface area contributed by atoms with Crippen molar-refractivity contribution in [3.05, 3.63) is 74.4 Å².